The van der Waals surface area contributed by atoms with Crippen LogP contribution in [-0.2, 0) is 29.1 Å². The topological polar surface area (TPSA) is 135 Å². The molecule has 36 heavy (non-hydrogen) atoms. The number of carbonyl (C=O) groups is 3. The molecule has 0 spiro atoms. The van der Waals surface area contributed by atoms with E-state index in [0.29, 0.717) is 38.2 Å². The lowest BCUT2D eigenvalue weighted by Gasteiger charge is -2.28. The molecule has 2 saturated heterocycles. The fourth-order valence-corrected chi connectivity index (χ4v) is 6.67. The second kappa shape index (κ2) is 12.2. The largest absolute Gasteiger partial charge is 0.368 e. The van der Waals surface area contributed by atoms with Crippen molar-refractivity contribution >= 4 is 27.6 Å². The molecule has 11 heteroatoms. The van der Waals surface area contributed by atoms with Crippen molar-refractivity contribution in [2.45, 2.75) is 87.4 Å². The molecule has 3 atom stereocenters. The first-order chi connectivity index (χ1) is 17.3. The third-order valence-corrected chi connectivity index (χ3v) is 9.09. The molecule has 198 valence electrons. The van der Waals surface area contributed by atoms with E-state index in [1.54, 1.807) is 12.1 Å². The first-order valence-electron chi connectivity index (χ1n) is 13.0. The molecule has 10 nitrogen and oxygen atoms in total. The van der Waals surface area contributed by atoms with Gasteiger partial charge in [-0.3, -0.25) is 14.4 Å². The Bertz CT molecular complexity index is 1020. The van der Waals surface area contributed by atoms with Crippen molar-refractivity contribution in [3.8, 4) is 0 Å². The van der Waals surface area contributed by atoms with Gasteiger partial charge in [-0.25, -0.2) is 13.4 Å². The summed E-state index contributed by atoms with van der Waals surface area (Å²) in [4.78, 5) is 43.0. The number of amides is 2. The van der Waals surface area contributed by atoms with Gasteiger partial charge < -0.3 is 15.4 Å². The highest BCUT2D eigenvalue weighted by Gasteiger charge is 2.36. The number of aromatic nitrogens is 1. The molecule has 0 aromatic carbocycles. The van der Waals surface area contributed by atoms with Gasteiger partial charge in [0.15, 0.2) is 10.8 Å². The Morgan fingerprint density at radius 1 is 1.08 bits per heavy atom. The van der Waals surface area contributed by atoms with Gasteiger partial charge in [0.1, 0.15) is 12.1 Å². The lowest BCUT2D eigenvalue weighted by atomic mass is 9.84. The number of rotatable bonds is 8. The van der Waals surface area contributed by atoms with Crippen LogP contribution in [0.5, 0.6) is 0 Å². The second-order valence-electron chi connectivity index (χ2n) is 9.98. The highest BCUT2D eigenvalue weighted by atomic mass is 32.2. The first kappa shape index (κ1) is 26.7. The number of hydrogen-bond acceptors (Lipinski definition) is 7. The third-order valence-electron chi connectivity index (χ3n) is 7.33. The molecule has 2 aliphatic heterocycles. The van der Waals surface area contributed by atoms with Crippen LogP contribution in [0, 0.1) is 5.92 Å². The van der Waals surface area contributed by atoms with Crippen LogP contribution in [0.2, 0.25) is 0 Å². The van der Waals surface area contributed by atoms with Crippen LogP contribution >= 0.6 is 0 Å². The number of nitrogens with zero attached hydrogens (tertiary/aromatic N) is 2. The van der Waals surface area contributed by atoms with Gasteiger partial charge in [-0.15, -0.1) is 0 Å². The van der Waals surface area contributed by atoms with E-state index in [9.17, 15) is 22.8 Å². The maximum atomic E-state index is 13.3. The Hall–Kier alpha value is -2.37. The standard InChI is InChI=1S/C25H36N4O6S/c30-21-17-29(36(33,34)23-12-4-5-13-26-23)14-6-10-19(21)27-24(31)20(16-18-8-2-1-3-9-18)28-25(32)22-11-7-15-35-22/h4-5,12-13,18-20,22H,1-3,6-11,14-17H2,(H,27,31)(H,28,32)/t19?,20-,22?/m0/s1. The van der Waals surface area contributed by atoms with Crippen molar-refractivity contribution in [3.05, 3.63) is 24.4 Å². The fraction of sp³-hybridized carbons (Fsp3) is 0.680. The van der Waals surface area contributed by atoms with Crippen molar-refractivity contribution in [1.29, 1.82) is 0 Å². The maximum absolute atomic E-state index is 13.3. The summed E-state index contributed by atoms with van der Waals surface area (Å²) in [6.45, 7) is 0.365. The minimum atomic E-state index is -3.91. The van der Waals surface area contributed by atoms with Gasteiger partial charge in [-0.2, -0.15) is 4.31 Å². The Morgan fingerprint density at radius 2 is 1.89 bits per heavy atom. The third kappa shape index (κ3) is 6.68. The van der Waals surface area contributed by atoms with E-state index in [-0.39, 0.29) is 29.8 Å². The zero-order valence-corrected chi connectivity index (χ0v) is 21.4. The maximum Gasteiger partial charge on any atom is 0.260 e. The summed E-state index contributed by atoms with van der Waals surface area (Å²) in [7, 11) is -3.91. The number of ether oxygens (including phenoxy) is 1. The SMILES string of the molecule is O=C1CN(S(=O)(=O)c2ccccn2)CCCC1NC(=O)[C@H](CC1CCCCC1)NC(=O)C1CCCO1. The summed E-state index contributed by atoms with van der Waals surface area (Å²) in [5, 5.41) is 5.60. The predicted molar refractivity (Wildman–Crippen MR) is 131 cm³/mol. The lowest BCUT2D eigenvalue weighted by molar-refractivity contribution is -0.135. The molecule has 0 bridgehead atoms. The van der Waals surface area contributed by atoms with E-state index < -0.39 is 34.1 Å². The van der Waals surface area contributed by atoms with Gasteiger partial charge in [0.2, 0.25) is 11.8 Å². The molecule has 1 aliphatic carbocycles. The zero-order chi connectivity index (χ0) is 25.5. The van der Waals surface area contributed by atoms with Crippen molar-refractivity contribution < 1.29 is 27.5 Å². The van der Waals surface area contributed by atoms with Gasteiger partial charge in [0, 0.05) is 19.3 Å². The van der Waals surface area contributed by atoms with E-state index in [1.165, 1.54) is 18.7 Å². The Morgan fingerprint density at radius 3 is 2.58 bits per heavy atom. The highest BCUT2D eigenvalue weighted by Crippen LogP contribution is 2.28. The summed E-state index contributed by atoms with van der Waals surface area (Å²) in [5.41, 5.74) is 0. The van der Waals surface area contributed by atoms with E-state index >= 15 is 0 Å². The number of Topliss-reactive ketones (excluding diaryl/α,β-unsaturated/α-hetero) is 1. The van der Waals surface area contributed by atoms with E-state index in [2.05, 4.69) is 15.6 Å². The number of ketones is 1. The zero-order valence-electron chi connectivity index (χ0n) is 20.6. The van der Waals surface area contributed by atoms with Gasteiger partial charge >= 0.3 is 0 Å². The van der Waals surface area contributed by atoms with Crippen LogP contribution in [0.3, 0.4) is 0 Å². The first-order valence-corrected chi connectivity index (χ1v) is 14.4. The van der Waals surface area contributed by atoms with Crippen LogP contribution in [0.15, 0.2) is 29.4 Å². The number of pyridine rings is 1. The van der Waals surface area contributed by atoms with Crippen LogP contribution in [0.4, 0.5) is 0 Å². The Labute approximate surface area is 212 Å². The average Bonchev–Trinajstić information content (AvgIpc) is 3.36. The van der Waals surface area contributed by atoms with E-state index in [1.807, 2.05) is 0 Å². The molecular weight excluding hydrogens is 484 g/mol. The summed E-state index contributed by atoms with van der Waals surface area (Å²) < 4.78 is 32.5. The molecular formula is C25H36N4O6S. The molecule has 4 rings (SSSR count). The van der Waals surface area contributed by atoms with Crippen molar-refractivity contribution in [2.24, 2.45) is 5.92 Å². The number of nitrogens with one attached hydrogen (secondary N) is 2. The quantitative estimate of drug-likeness (QED) is 0.531. The van der Waals surface area contributed by atoms with E-state index in [4.69, 9.17) is 4.74 Å². The monoisotopic (exact) mass is 520 g/mol. The van der Waals surface area contributed by atoms with Gasteiger partial charge in [-0.1, -0.05) is 38.2 Å². The molecule has 3 heterocycles. The minimum Gasteiger partial charge on any atom is -0.368 e. The summed E-state index contributed by atoms with van der Waals surface area (Å²) in [6.07, 6.45) is 8.99. The lowest BCUT2D eigenvalue weighted by Crippen LogP contribution is -2.54. The summed E-state index contributed by atoms with van der Waals surface area (Å²) >= 11 is 0. The average molecular weight is 521 g/mol. The number of sulfonamides is 1. The van der Waals surface area contributed by atoms with Crippen LogP contribution in [0.25, 0.3) is 0 Å². The number of carbonyl (C=O) groups excluding carboxylic acids is 3. The minimum absolute atomic E-state index is 0.107. The van der Waals surface area contributed by atoms with Crippen molar-refractivity contribution in [1.82, 2.24) is 19.9 Å². The molecule has 1 aromatic rings. The molecule has 1 aromatic heterocycles. The van der Waals surface area contributed by atoms with Gasteiger partial charge in [-0.05, 0) is 50.2 Å². The van der Waals surface area contributed by atoms with Gasteiger partial charge in [0.25, 0.3) is 10.0 Å². The number of hydrogen-bond donors (Lipinski definition) is 2. The molecule has 2 unspecified atom stereocenters. The van der Waals surface area contributed by atoms with Crippen molar-refractivity contribution in [3.63, 3.8) is 0 Å². The summed E-state index contributed by atoms with van der Waals surface area (Å²) in [5.74, 6) is -0.722. The molecule has 3 fully saturated rings. The molecule has 2 amide bonds. The predicted octanol–water partition coefficient (Wildman–Crippen LogP) is 1.55. The van der Waals surface area contributed by atoms with Crippen LogP contribution in [0.1, 0.15) is 64.2 Å². The Kier molecular flexibility index (Phi) is 9.08. The Balaban J connectivity index is 1.41. The van der Waals surface area contributed by atoms with Crippen molar-refractivity contribution in [2.75, 3.05) is 19.7 Å². The fourth-order valence-electron chi connectivity index (χ4n) is 5.29. The molecule has 0 radical (unpaired) electrons. The second-order valence-corrected chi connectivity index (χ2v) is 11.9. The van der Waals surface area contributed by atoms with Crippen LogP contribution in [-0.4, -0.2) is 73.2 Å². The molecule has 2 N–H and O–H groups in total. The highest BCUT2D eigenvalue weighted by molar-refractivity contribution is 7.89. The normalized spacial score (nSPS) is 25.2. The smallest absolute Gasteiger partial charge is 0.260 e. The molecule has 1 saturated carbocycles. The van der Waals surface area contributed by atoms with Crippen LogP contribution < -0.4 is 10.6 Å². The molecule has 3 aliphatic rings. The summed E-state index contributed by atoms with van der Waals surface area (Å²) in [6, 6.07) is 3.04. The van der Waals surface area contributed by atoms with Gasteiger partial charge in [0.05, 0.1) is 12.6 Å². The van der Waals surface area contributed by atoms with E-state index in [0.717, 1.165) is 36.4 Å².